The average Bonchev–Trinajstić information content (AvgIpc) is 3.36. The molecule has 3 heterocycles. The summed E-state index contributed by atoms with van der Waals surface area (Å²) in [7, 11) is 0. The lowest BCUT2D eigenvalue weighted by molar-refractivity contribution is 0.102. The molecule has 0 unspecified atom stereocenters. The number of anilines is 1. The molecule has 150 valence electrons. The van der Waals surface area contributed by atoms with Gasteiger partial charge in [-0.05, 0) is 42.7 Å². The van der Waals surface area contributed by atoms with Gasteiger partial charge >= 0.3 is 0 Å². The van der Waals surface area contributed by atoms with Gasteiger partial charge in [-0.3, -0.25) is 9.79 Å². The molecule has 0 atom stereocenters. The van der Waals surface area contributed by atoms with Gasteiger partial charge in [0.1, 0.15) is 17.5 Å². The van der Waals surface area contributed by atoms with E-state index in [-0.39, 0.29) is 11.8 Å². The quantitative estimate of drug-likeness (QED) is 0.705. The number of carbonyl (C=O) groups is 1. The number of aromatic nitrogens is 2. The van der Waals surface area contributed by atoms with Crippen molar-refractivity contribution in [1.82, 2.24) is 9.97 Å². The minimum atomic E-state index is -0.321. The molecule has 0 fully saturated rings. The molecule has 1 aromatic carbocycles. The molecule has 1 N–H and O–H groups in total. The molecule has 7 heteroatoms. The molecule has 30 heavy (non-hydrogen) atoms. The van der Waals surface area contributed by atoms with Crippen molar-refractivity contribution in [3.8, 4) is 6.07 Å². The van der Waals surface area contributed by atoms with Crippen LogP contribution < -0.4 is 5.32 Å². The van der Waals surface area contributed by atoms with Crippen LogP contribution in [0, 0.1) is 25.2 Å². The molecular formula is C23H21N5O2. The summed E-state index contributed by atoms with van der Waals surface area (Å²) < 4.78 is 5.86. The number of hydrogen-bond donors (Lipinski definition) is 1. The van der Waals surface area contributed by atoms with Crippen LogP contribution in [0.1, 0.15) is 69.7 Å². The van der Waals surface area contributed by atoms with Crippen LogP contribution >= 0.6 is 0 Å². The second kappa shape index (κ2) is 7.56. The third-order valence-electron chi connectivity index (χ3n) is 5.26. The zero-order valence-electron chi connectivity index (χ0n) is 17.3. The van der Waals surface area contributed by atoms with Gasteiger partial charge in [-0.2, -0.15) is 5.26 Å². The number of amides is 1. The highest BCUT2D eigenvalue weighted by Crippen LogP contribution is 2.28. The Hall–Kier alpha value is -3.79. The smallest absolute Gasteiger partial charge is 0.274 e. The van der Waals surface area contributed by atoms with Crippen LogP contribution in [-0.2, 0) is 6.54 Å². The van der Waals surface area contributed by atoms with Gasteiger partial charge in [-0.15, -0.1) is 0 Å². The number of nitriles is 1. The van der Waals surface area contributed by atoms with E-state index < -0.39 is 0 Å². The maximum atomic E-state index is 12.8. The zero-order valence-corrected chi connectivity index (χ0v) is 17.3. The average molecular weight is 399 g/mol. The van der Waals surface area contributed by atoms with E-state index in [0.717, 1.165) is 22.4 Å². The van der Waals surface area contributed by atoms with E-state index in [2.05, 4.69) is 26.3 Å². The second-order valence-electron chi connectivity index (χ2n) is 7.59. The van der Waals surface area contributed by atoms with Crippen LogP contribution in [0.25, 0.3) is 0 Å². The van der Waals surface area contributed by atoms with Gasteiger partial charge in [0, 0.05) is 23.4 Å². The summed E-state index contributed by atoms with van der Waals surface area (Å²) in [6, 6.07) is 7.78. The summed E-state index contributed by atoms with van der Waals surface area (Å²) in [6.07, 6.45) is 3.13. The van der Waals surface area contributed by atoms with Gasteiger partial charge in [0.25, 0.3) is 5.91 Å². The highest BCUT2D eigenvalue weighted by molar-refractivity contribution is 6.14. The van der Waals surface area contributed by atoms with Gasteiger partial charge in [0.2, 0.25) is 0 Å². The van der Waals surface area contributed by atoms with E-state index in [9.17, 15) is 4.79 Å². The van der Waals surface area contributed by atoms with Crippen molar-refractivity contribution >= 4 is 17.3 Å². The predicted octanol–water partition coefficient (Wildman–Crippen LogP) is 4.28. The van der Waals surface area contributed by atoms with Crippen LogP contribution in [0.3, 0.4) is 0 Å². The Morgan fingerprint density at radius 3 is 2.70 bits per heavy atom. The van der Waals surface area contributed by atoms with Crippen molar-refractivity contribution in [3.05, 3.63) is 75.8 Å². The first kappa shape index (κ1) is 19.5. The van der Waals surface area contributed by atoms with Gasteiger partial charge in [-0.25, -0.2) is 9.97 Å². The lowest BCUT2D eigenvalue weighted by Gasteiger charge is -2.11. The standard InChI is InChI=1S/C23H21N5O2/c1-12(2)23-27-11-19(30-23)21-18-7-17(6-5-15(18)9-26-21)28-22(29)20-14(4)13(3)16(8-24)10-25-20/h5-7,10-12H,9H2,1-4H3,(H,28,29). The first-order valence-electron chi connectivity index (χ1n) is 9.70. The van der Waals surface area contributed by atoms with Crippen LogP contribution in [0.2, 0.25) is 0 Å². The number of rotatable bonds is 4. The van der Waals surface area contributed by atoms with Crippen LogP contribution in [0.5, 0.6) is 0 Å². The molecule has 0 radical (unpaired) electrons. The molecule has 2 aromatic heterocycles. The molecule has 1 amide bonds. The van der Waals surface area contributed by atoms with Crippen LogP contribution in [0.15, 0.2) is 40.0 Å². The number of nitrogens with one attached hydrogen (secondary N) is 1. The molecule has 3 aromatic rings. The number of carbonyl (C=O) groups excluding carboxylic acids is 1. The monoisotopic (exact) mass is 399 g/mol. The maximum Gasteiger partial charge on any atom is 0.274 e. The summed E-state index contributed by atoms with van der Waals surface area (Å²) in [5.74, 6) is 1.17. The van der Waals surface area contributed by atoms with Crippen molar-refractivity contribution < 1.29 is 9.21 Å². The molecule has 0 aliphatic carbocycles. The van der Waals surface area contributed by atoms with E-state index in [4.69, 9.17) is 9.68 Å². The van der Waals surface area contributed by atoms with Crippen molar-refractivity contribution in [2.24, 2.45) is 4.99 Å². The Morgan fingerprint density at radius 2 is 2.00 bits per heavy atom. The van der Waals surface area contributed by atoms with Crippen LogP contribution in [0.4, 0.5) is 5.69 Å². The number of hydrogen-bond acceptors (Lipinski definition) is 6. The summed E-state index contributed by atoms with van der Waals surface area (Å²) >= 11 is 0. The summed E-state index contributed by atoms with van der Waals surface area (Å²) in [5, 5.41) is 12.0. The van der Waals surface area contributed by atoms with Gasteiger partial charge in [-0.1, -0.05) is 19.9 Å². The van der Waals surface area contributed by atoms with Gasteiger partial charge in [0.05, 0.1) is 18.3 Å². The first-order chi connectivity index (χ1) is 14.4. The van der Waals surface area contributed by atoms with Crippen molar-refractivity contribution in [2.75, 3.05) is 5.32 Å². The number of oxazole rings is 1. The number of pyridine rings is 1. The Kier molecular flexibility index (Phi) is 4.92. The van der Waals surface area contributed by atoms with Gasteiger partial charge in [0.15, 0.2) is 11.7 Å². The van der Waals surface area contributed by atoms with Crippen LogP contribution in [-0.4, -0.2) is 21.6 Å². The second-order valence-corrected chi connectivity index (χ2v) is 7.59. The largest absolute Gasteiger partial charge is 0.439 e. The minimum absolute atomic E-state index is 0.192. The van der Waals surface area contributed by atoms with Crippen molar-refractivity contribution in [3.63, 3.8) is 0 Å². The maximum absolute atomic E-state index is 12.8. The Labute approximate surface area is 174 Å². The van der Waals surface area contributed by atoms with E-state index >= 15 is 0 Å². The van der Waals surface area contributed by atoms with Gasteiger partial charge < -0.3 is 9.73 Å². The molecule has 0 saturated heterocycles. The molecule has 7 nitrogen and oxygen atoms in total. The van der Waals surface area contributed by atoms with E-state index in [1.165, 1.54) is 6.20 Å². The fourth-order valence-electron chi connectivity index (χ4n) is 3.37. The Balaban J connectivity index is 1.61. The highest BCUT2D eigenvalue weighted by Gasteiger charge is 2.23. The summed E-state index contributed by atoms with van der Waals surface area (Å²) in [6.45, 7) is 8.21. The molecule has 1 aliphatic heterocycles. The fraction of sp³-hybridized carbons (Fsp3) is 0.261. The number of aliphatic imine (C=N–C) groups is 1. The normalized spacial score (nSPS) is 12.5. The van der Waals surface area contributed by atoms with E-state index in [1.54, 1.807) is 13.1 Å². The molecular weight excluding hydrogens is 378 g/mol. The molecule has 0 spiro atoms. The van der Waals surface area contributed by atoms with E-state index in [0.29, 0.717) is 40.7 Å². The number of nitrogens with zero attached hydrogens (tertiary/aromatic N) is 4. The minimum Gasteiger partial charge on any atom is -0.439 e. The SMILES string of the molecule is Cc1c(C#N)cnc(C(=O)Nc2ccc3c(c2)C(c2cnc(C(C)C)o2)=NC3)c1C. The lowest BCUT2D eigenvalue weighted by atomic mass is 10.0. The summed E-state index contributed by atoms with van der Waals surface area (Å²) in [4.78, 5) is 25.9. The van der Waals surface area contributed by atoms with E-state index in [1.807, 2.05) is 39.0 Å². The summed E-state index contributed by atoms with van der Waals surface area (Å²) in [5.41, 5.74) is 5.58. The first-order valence-corrected chi connectivity index (χ1v) is 9.70. The third kappa shape index (κ3) is 3.37. The molecule has 0 saturated carbocycles. The Morgan fingerprint density at radius 1 is 1.20 bits per heavy atom. The van der Waals surface area contributed by atoms with Crippen molar-refractivity contribution in [1.29, 1.82) is 5.26 Å². The number of benzene rings is 1. The third-order valence-corrected chi connectivity index (χ3v) is 5.26. The Bertz CT molecular complexity index is 1230. The van der Waals surface area contributed by atoms with Crippen molar-refractivity contribution in [2.45, 2.75) is 40.2 Å². The predicted molar refractivity (Wildman–Crippen MR) is 113 cm³/mol. The fourth-order valence-corrected chi connectivity index (χ4v) is 3.37. The topological polar surface area (TPSA) is 104 Å². The highest BCUT2D eigenvalue weighted by atomic mass is 16.4. The lowest BCUT2D eigenvalue weighted by Crippen LogP contribution is -2.16. The zero-order chi connectivity index (χ0) is 21.4. The molecule has 0 bridgehead atoms. The number of fused-ring (bicyclic) bond motifs is 1. The molecule has 1 aliphatic rings. The molecule has 4 rings (SSSR count).